The number of hydrogen-bond donors (Lipinski definition) is 1. The summed E-state index contributed by atoms with van der Waals surface area (Å²) in [5.41, 5.74) is 1.51. The van der Waals surface area contributed by atoms with Gasteiger partial charge in [0, 0.05) is 23.2 Å². The van der Waals surface area contributed by atoms with Crippen molar-refractivity contribution in [3.63, 3.8) is 0 Å². The van der Waals surface area contributed by atoms with E-state index < -0.39 is 18.5 Å². The van der Waals surface area contributed by atoms with Crippen LogP contribution in [0.15, 0.2) is 48.5 Å². The molecule has 2 aromatic carbocycles. The standard InChI is InChI=1S/C23H25NO6/c1-3-14-29-20-10-6-18(7-11-20)21(26)12-13-23(28)30-15-22(27)24-19-8-4-17(5-9-19)16(2)25/h4-11H,3,12-15H2,1-2H3,(H,24,27). The van der Waals surface area contributed by atoms with Crippen molar-refractivity contribution in [1.29, 1.82) is 0 Å². The average Bonchev–Trinajstić information content (AvgIpc) is 2.75. The third-order valence-corrected chi connectivity index (χ3v) is 4.14. The molecule has 0 unspecified atom stereocenters. The Bertz CT molecular complexity index is 887. The molecular weight excluding hydrogens is 386 g/mol. The minimum Gasteiger partial charge on any atom is -0.494 e. The minimum atomic E-state index is -0.631. The molecule has 0 aliphatic rings. The van der Waals surface area contributed by atoms with E-state index in [-0.39, 0.29) is 24.4 Å². The fourth-order valence-electron chi connectivity index (χ4n) is 2.52. The number of amides is 1. The van der Waals surface area contributed by atoms with Gasteiger partial charge in [0.1, 0.15) is 5.75 Å². The van der Waals surface area contributed by atoms with Gasteiger partial charge in [-0.25, -0.2) is 0 Å². The summed E-state index contributed by atoms with van der Waals surface area (Å²) < 4.78 is 10.4. The Hall–Kier alpha value is -3.48. The maximum atomic E-state index is 12.2. The highest BCUT2D eigenvalue weighted by Gasteiger charge is 2.12. The summed E-state index contributed by atoms with van der Waals surface area (Å²) in [6.07, 6.45) is 0.766. The van der Waals surface area contributed by atoms with Crippen molar-refractivity contribution >= 4 is 29.1 Å². The first kappa shape index (κ1) is 22.8. The molecule has 2 aromatic rings. The second-order valence-corrected chi connectivity index (χ2v) is 6.64. The van der Waals surface area contributed by atoms with Crippen LogP contribution >= 0.6 is 0 Å². The molecule has 0 saturated heterocycles. The lowest BCUT2D eigenvalue weighted by molar-refractivity contribution is -0.147. The maximum Gasteiger partial charge on any atom is 0.306 e. The summed E-state index contributed by atoms with van der Waals surface area (Å²) in [4.78, 5) is 47.1. The van der Waals surface area contributed by atoms with Crippen LogP contribution in [0.1, 0.15) is 53.8 Å². The molecular formula is C23H25NO6. The number of carbonyl (C=O) groups excluding carboxylic acids is 4. The number of carbonyl (C=O) groups is 4. The highest BCUT2D eigenvalue weighted by molar-refractivity contribution is 5.98. The van der Waals surface area contributed by atoms with Crippen LogP contribution in [0.4, 0.5) is 5.69 Å². The zero-order valence-corrected chi connectivity index (χ0v) is 17.1. The van der Waals surface area contributed by atoms with Crippen molar-refractivity contribution in [2.45, 2.75) is 33.1 Å². The van der Waals surface area contributed by atoms with E-state index in [9.17, 15) is 19.2 Å². The summed E-state index contributed by atoms with van der Waals surface area (Å²) in [5.74, 6) is -0.711. The van der Waals surface area contributed by atoms with E-state index in [1.165, 1.54) is 6.92 Å². The van der Waals surface area contributed by atoms with Crippen LogP contribution in [0.3, 0.4) is 0 Å². The second-order valence-electron chi connectivity index (χ2n) is 6.64. The van der Waals surface area contributed by atoms with Crippen LogP contribution < -0.4 is 10.1 Å². The van der Waals surface area contributed by atoms with E-state index in [1.807, 2.05) is 6.92 Å². The molecule has 0 aromatic heterocycles. The molecule has 2 rings (SSSR count). The number of ketones is 2. The fourth-order valence-corrected chi connectivity index (χ4v) is 2.52. The van der Waals surface area contributed by atoms with E-state index in [4.69, 9.17) is 9.47 Å². The predicted molar refractivity (Wildman–Crippen MR) is 112 cm³/mol. The lowest BCUT2D eigenvalue weighted by Crippen LogP contribution is -2.21. The van der Waals surface area contributed by atoms with Crippen LogP contribution in [0.2, 0.25) is 0 Å². The van der Waals surface area contributed by atoms with Crippen LogP contribution in [-0.2, 0) is 14.3 Å². The lowest BCUT2D eigenvalue weighted by Gasteiger charge is -2.07. The number of ether oxygens (including phenoxy) is 2. The quantitative estimate of drug-likeness (QED) is 0.446. The van der Waals surface area contributed by atoms with E-state index in [2.05, 4.69) is 5.32 Å². The molecule has 0 spiro atoms. The van der Waals surface area contributed by atoms with E-state index >= 15 is 0 Å². The first-order valence-electron chi connectivity index (χ1n) is 9.71. The predicted octanol–water partition coefficient (Wildman–Crippen LogP) is 3.82. The second kappa shape index (κ2) is 11.5. The zero-order chi connectivity index (χ0) is 21.9. The van der Waals surface area contributed by atoms with Crippen molar-refractivity contribution in [3.05, 3.63) is 59.7 Å². The molecule has 0 aliphatic carbocycles. The smallest absolute Gasteiger partial charge is 0.306 e. The van der Waals surface area contributed by atoms with Gasteiger partial charge in [0.25, 0.3) is 5.91 Å². The summed E-state index contributed by atoms with van der Waals surface area (Å²) in [7, 11) is 0. The highest BCUT2D eigenvalue weighted by Crippen LogP contribution is 2.15. The Balaban J connectivity index is 1.71. The molecule has 0 saturated carbocycles. The Morgan fingerprint density at radius 1 is 0.867 bits per heavy atom. The molecule has 0 radical (unpaired) electrons. The topological polar surface area (TPSA) is 98.8 Å². The van der Waals surface area contributed by atoms with Gasteiger partial charge in [0.2, 0.25) is 0 Å². The first-order valence-corrected chi connectivity index (χ1v) is 9.71. The number of rotatable bonds is 11. The molecule has 0 atom stereocenters. The molecule has 7 heteroatoms. The van der Waals surface area contributed by atoms with E-state index in [0.717, 1.165) is 6.42 Å². The van der Waals surface area contributed by atoms with Crippen molar-refractivity contribution in [1.82, 2.24) is 0 Å². The van der Waals surface area contributed by atoms with Gasteiger partial charge in [-0.05, 0) is 61.9 Å². The normalized spacial score (nSPS) is 10.2. The number of nitrogens with one attached hydrogen (secondary N) is 1. The summed E-state index contributed by atoms with van der Waals surface area (Å²) in [6.45, 7) is 3.61. The Labute approximate surface area is 175 Å². The molecule has 7 nitrogen and oxygen atoms in total. The van der Waals surface area contributed by atoms with Crippen LogP contribution in [-0.4, -0.2) is 36.7 Å². The number of esters is 1. The summed E-state index contributed by atoms with van der Waals surface area (Å²) >= 11 is 0. The van der Waals surface area contributed by atoms with Gasteiger partial charge in [-0.3, -0.25) is 19.2 Å². The van der Waals surface area contributed by atoms with Gasteiger partial charge in [0.05, 0.1) is 13.0 Å². The molecule has 0 bridgehead atoms. The summed E-state index contributed by atoms with van der Waals surface area (Å²) in [5, 5.41) is 2.57. The van der Waals surface area contributed by atoms with E-state index in [0.29, 0.717) is 29.2 Å². The van der Waals surface area contributed by atoms with Crippen molar-refractivity contribution in [2.75, 3.05) is 18.5 Å². The fraction of sp³-hybridized carbons (Fsp3) is 0.304. The highest BCUT2D eigenvalue weighted by atomic mass is 16.5. The molecule has 0 aliphatic heterocycles. The van der Waals surface area contributed by atoms with Gasteiger partial charge >= 0.3 is 5.97 Å². The van der Waals surface area contributed by atoms with Gasteiger partial charge in [-0.2, -0.15) is 0 Å². The van der Waals surface area contributed by atoms with Gasteiger partial charge in [-0.1, -0.05) is 6.92 Å². The van der Waals surface area contributed by atoms with Crippen LogP contribution in [0.5, 0.6) is 5.75 Å². The van der Waals surface area contributed by atoms with Crippen molar-refractivity contribution < 1.29 is 28.7 Å². The minimum absolute atomic E-state index is 0.0118. The van der Waals surface area contributed by atoms with Crippen LogP contribution in [0, 0.1) is 0 Å². The molecule has 0 heterocycles. The molecule has 30 heavy (non-hydrogen) atoms. The SMILES string of the molecule is CCCOc1ccc(C(=O)CCC(=O)OCC(=O)Nc2ccc(C(C)=O)cc2)cc1. The number of benzene rings is 2. The van der Waals surface area contributed by atoms with Gasteiger partial charge < -0.3 is 14.8 Å². The molecule has 1 N–H and O–H groups in total. The average molecular weight is 411 g/mol. The number of Topliss-reactive ketones (excluding diaryl/α,β-unsaturated/α-hetero) is 2. The lowest BCUT2D eigenvalue weighted by atomic mass is 10.1. The Kier molecular flexibility index (Phi) is 8.75. The third-order valence-electron chi connectivity index (χ3n) is 4.14. The Morgan fingerprint density at radius 2 is 1.50 bits per heavy atom. The third kappa shape index (κ3) is 7.50. The van der Waals surface area contributed by atoms with Crippen molar-refractivity contribution in [3.8, 4) is 5.75 Å². The zero-order valence-electron chi connectivity index (χ0n) is 17.1. The maximum absolute atomic E-state index is 12.2. The van der Waals surface area contributed by atoms with Crippen LogP contribution in [0.25, 0.3) is 0 Å². The number of hydrogen-bond acceptors (Lipinski definition) is 6. The summed E-state index contributed by atoms with van der Waals surface area (Å²) in [6, 6.07) is 13.1. The van der Waals surface area contributed by atoms with E-state index in [1.54, 1.807) is 48.5 Å². The first-order chi connectivity index (χ1) is 14.4. The molecule has 0 fully saturated rings. The largest absolute Gasteiger partial charge is 0.494 e. The van der Waals surface area contributed by atoms with Gasteiger partial charge in [-0.15, -0.1) is 0 Å². The van der Waals surface area contributed by atoms with Crippen molar-refractivity contribution in [2.24, 2.45) is 0 Å². The monoisotopic (exact) mass is 411 g/mol. The van der Waals surface area contributed by atoms with Gasteiger partial charge in [0.15, 0.2) is 18.2 Å². The Morgan fingerprint density at radius 3 is 2.10 bits per heavy atom. The molecule has 158 valence electrons. The molecule has 1 amide bonds. The number of anilines is 1.